The number of aromatic hydroxyl groups is 1. The molecule has 0 atom stereocenters. The molecule has 0 aliphatic heterocycles. The normalized spacial score (nSPS) is 11.9. The SMILES string of the molecule is CCCCN(CCCC)CCCOc1cc(-n2nc3ccc(Sc4ccccc4)cc3n2)c(O)c(C(C)(C)C)c1. The monoisotopic (exact) mass is 560 g/mol. The maximum Gasteiger partial charge on any atom is 0.147 e. The maximum absolute atomic E-state index is 11.3. The van der Waals surface area contributed by atoms with Crippen LogP contribution in [0.4, 0.5) is 0 Å². The predicted molar refractivity (Wildman–Crippen MR) is 166 cm³/mol. The first-order valence-corrected chi connectivity index (χ1v) is 15.4. The lowest BCUT2D eigenvalue weighted by atomic mass is 9.86. The number of nitrogens with zero attached hydrogens (tertiary/aromatic N) is 4. The zero-order chi connectivity index (χ0) is 28.5. The number of aromatic nitrogens is 3. The Morgan fingerprint density at radius 3 is 2.17 bits per heavy atom. The van der Waals surface area contributed by atoms with E-state index < -0.39 is 0 Å². The molecule has 214 valence electrons. The van der Waals surface area contributed by atoms with Crippen LogP contribution in [0, 0.1) is 0 Å². The van der Waals surface area contributed by atoms with Crippen LogP contribution in [0.15, 0.2) is 70.5 Å². The van der Waals surface area contributed by atoms with Crippen LogP contribution in [0.5, 0.6) is 11.5 Å². The Bertz CT molecular complexity index is 1360. The van der Waals surface area contributed by atoms with Crippen molar-refractivity contribution in [3.8, 4) is 17.2 Å². The van der Waals surface area contributed by atoms with E-state index in [1.165, 1.54) is 35.4 Å². The third-order valence-electron chi connectivity index (χ3n) is 6.96. The van der Waals surface area contributed by atoms with Crippen LogP contribution < -0.4 is 4.74 Å². The van der Waals surface area contributed by atoms with Crippen molar-refractivity contribution in [3.63, 3.8) is 0 Å². The molecule has 4 rings (SSSR count). The van der Waals surface area contributed by atoms with E-state index in [9.17, 15) is 5.11 Å². The molecule has 0 radical (unpaired) electrons. The summed E-state index contributed by atoms with van der Waals surface area (Å²) in [4.78, 5) is 6.36. The molecule has 0 unspecified atom stereocenters. The molecule has 0 fully saturated rings. The maximum atomic E-state index is 11.3. The van der Waals surface area contributed by atoms with Gasteiger partial charge in [0.15, 0.2) is 0 Å². The Balaban J connectivity index is 1.54. The highest BCUT2D eigenvalue weighted by Crippen LogP contribution is 2.39. The van der Waals surface area contributed by atoms with Gasteiger partial charge in [-0.2, -0.15) is 0 Å². The minimum absolute atomic E-state index is 0.185. The summed E-state index contributed by atoms with van der Waals surface area (Å²) in [5.41, 5.74) is 2.63. The average molecular weight is 561 g/mol. The Hall–Kier alpha value is -3.03. The molecule has 3 aromatic carbocycles. The van der Waals surface area contributed by atoms with E-state index >= 15 is 0 Å². The van der Waals surface area contributed by atoms with Crippen molar-refractivity contribution in [2.75, 3.05) is 26.2 Å². The molecule has 0 bridgehead atoms. The minimum Gasteiger partial charge on any atom is -0.505 e. The highest BCUT2D eigenvalue weighted by molar-refractivity contribution is 7.99. The van der Waals surface area contributed by atoms with Crippen molar-refractivity contribution >= 4 is 22.8 Å². The number of phenolic OH excluding ortho intramolecular Hbond substituents is 1. The van der Waals surface area contributed by atoms with E-state index in [4.69, 9.17) is 14.9 Å². The molecule has 0 saturated carbocycles. The summed E-state index contributed by atoms with van der Waals surface area (Å²) in [6.07, 6.45) is 5.86. The van der Waals surface area contributed by atoms with Crippen molar-refractivity contribution in [1.82, 2.24) is 19.9 Å². The topological polar surface area (TPSA) is 63.4 Å². The fraction of sp³-hybridized carbons (Fsp3) is 0.455. The van der Waals surface area contributed by atoms with E-state index in [2.05, 4.69) is 57.7 Å². The van der Waals surface area contributed by atoms with Crippen molar-refractivity contribution in [1.29, 1.82) is 0 Å². The van der Waals surface area contributed by atoms with Crippen molar-refractivity contribution in [2.24, 2.45) is 0 Å². The number of hydrogen-bond acceptors (Lipinski definition) is 6. The van der Waals surface area contributed by atoms with Crippen LogP contribution in [-0.2, 0) is 5.41 Å². The third kappa shape index (κ3) is 8.01. The molecule has 0 aliphatic carbocycles. The number of hydrogen-bond donors (Lipinski definition) is 1. The standard InChI is InChI=1S/C33H44N4O2S/c1-6-8-18-36(19-9-7-2)20-13-21-39-25-22-28(33(3,4)5)32(38)31(23-25)37-34-29-17-16-27(24-30(29)35-37)40-26-14-11-10-12-15-26/h10-12,14-17,22-24,38H,6-9,13,18-21H2,1-5H3. The molecular formula is C33H44N4O2S. The van der Waals surface area contributed by atoms with Crippen LogP contribution in [0.2, 0.25) is 0 Å². The Morgan fingerprint density at radius 2 is 1.50 bits per heavy atom. The lowest BCUT2D eigenvalue weighted by molar-refractivity contribution is 0.229. The van der Waals surface area contributed by atoms with Gasteiger partial charge in [-0.3, -0.25) is 0 Å². The summed E-state index contributed by atoms with van der Waals surface area (Å²) >= 11 is 1.69. The van der Waals surface area contributed by atoms with Gasteiger partial charge in [0.1, 0.15) is 28.2 Å². The second-order valence-corrected chi connectivity index (χ2v) is 12.5. The van der Waals surface area contributed by atoms with Gasteiger partial charge in [-0.15, -0.1) is 15.0 Å². The Labute approximate surface area is 243 Å². The highest BCUT2D eigenvalue weighted by atomic mass is 32.2. The number of unbranched alkanes of at least 4 members (excludes halogenated alkanes) is 2. The largest absolute Gasteiger partial charge is 0.505 e. The molecule has 4 aromatic rings. The van der Waals surface area contributed by atoms with Gasteiger partial charge in [0, 0.05) is 28.0 Å². The first-order valence-electron chi connectivity index (χ1n) is 14.6. The fourth-order valence-electron chi connectivity index (χ4n) is 4.67. The third-order valence-corrected chi connectivity index (χ3v) is 7.96. The lowest BCUT2D eigenvalue weighted by Gasteiger charge is -2.24. The Morgan fingerprint density at radius 1 is 0.825 bits per heavy atom. The molecule has 1 N–H and O–H groups in total. The van der Waals surface area contributed by atoms with Gasteiger partial charge in [-0.1, -0.05) is 77.4 Å². The smallest absolute Gasteiger partial charge is 0.147 e. The number of phenols is 1. The number of rotatable bonds is 14. The number of ether oxygens (including phenoxy) is 1. The molecule has 0 aliphatic rings. The summed E-state index contributed by atoms with van der Waals surface area (Å²) in [5.74, 6) is 0.914. The van der Waals surface area contributed by atoms with Crippen molar-refractivity contribution < 1.29 is 9.84 Å². The number of benzene rings is 3. The van der Waals surface area contributed by atoms with Gasteiger partial charge in [0.05, 0.1) is 6.61 Å². The van der Waals surface area contributed by atoms with Crippen LogP contribution in [-0.4, -0.2) is 51.2 Å². The van der Waals surface area contributed by atoms with Crippen LogP contribution in [0.1, 0.15) is 72.3 Å². The van der Waals surface area contributed by atoms with Gasteiger partial charge in [0.2, 0.25) is 0 Å². The zero-order valence-corrected chi connectivity index (χ0v) is 25.5. The molecule has 1 aromatic heterocycles. The van der Waals surface area contributed by atoms with Crippen LogP contribution >= 0.6 is 11.8 Å². The summed E-state index contributed by atoms with van der Waals surface area (Å²) in [7, 11) is 0. The van der Waals surface area contributed by atoms with Crippen molar-refractivity contribution in [3.05, 3.63) is 66.2 Å². The molecule has 0 saturated heterocycles. The number of fused-ring (bicyclic) bond motifs is 1. The van der Waals surface area contributed by atoms with E-state index in [0.717, 1.165) is 53.3 Å². The summed E-state index contributed by atoms with van der Waals surface area (Å²) in [5, 5.41) is 20.8. The van der Waals surface area contributed by atoms with Gasteiger partial charge in [0.25, 0.3) is 0 Å². The van der Waals surface area contributed by atoms with Gasteiger partial charge in [-0.25, -0.2) is 0 Å². The van der Waals surface area contributed by atoms with Crippen LogP contribution in [0.25, 0.3) is 16.7 Å². The summed E-state index contributed by atoms with van der Waals surface area (Å²) in [6, 6.07) is 20.2. The first-order chi connectivity index (χ1) is 19.3. The van der Waals surface area contributed by atoms with E-state index in [-0.39, 0.29) is 11.2 Å². The molecule has 0 amide bonds. The summed E-state index contributed by atoms with van der Waals surface area (Å²) in [6.45, 7) is 14.7. The zero-order valence-electron chi connectivity index (χ0n) is 24.7. The van der Waals surface area contributed by atoms with Crippen LogP contribution in [0.3, 0.4) is 0 Å². The Kier molecular flexibility index (Phi) is 10.5. The second kappa shape index (κ2) is 14.0. The predicted octanol–water partition coefficient (Wildman–Crippen LogP) is 8.25. The molecule has 7 heteroatoms. The van der Waals surface area contributed by atoms with Gasteiger partial charge in [-0.05, 0) is 74.2 Å². The average Bonchev–Trinajstić information content (AvgIpc) is 3.36. The van der Waals surface area contributed by atoms with E-state index in [0.29, 0.717) is 12.3 Å². The fourth-order valence-corrected chi connectivity index (χ4v) is 5.54. The van der Waals surface area contributed by atoms with E-state index in [1.807, 2.05) is 42.5 Å². The highest BCUT2D eigenvalue weighted by Gasteiger charge is 2.24. The van der Waals surface area contributed by atoms with Gasteiger partial charge >= 0.3 is 0 Å². The van der Waals surface area contributed by atoms with E-state index in [1.54, 1.807) is 11.8 Å². The van der Waals surface area contributed by atoms with Crippen molar-refractivity contribution in [2.45, 2.75) is 81.9 Å². The molecule has 40 heavy (non-hydrogen) atoms. The molecular weight excluding hydrogens is 516 g/mol. The quantitative estimate of drug-likeness (QED) is 0.157. The first kappa shape index (κ1) is 29.9. The molecule has 1 heterocycles. The minimum atomic E-state index is -0.276. The lowest BCUT2D eigenvalue weighted by Crippen LogP contribution is -2.28. The second-order valence-electron chi connectivity index (χ2n) is 11.4. The van der Waals surface area contributed by atoms with Gasteiger partial charge < -0.3 is 14.7 Å². The molecule has 0 spiro atoms. The molecule has 6 nitrogen and oxygen atoms in total. The summed E-state index contributed by atoms with van der Waals surface area (Å²) < 4.78 is 6.27.